The molecule has 3 aliphatic heterocycles. The summed E-state index contributed by atoms with van der Waals surface area (Å²) in [6.45, 7) is 11.5. The number of aromatic nitrogens is 2. The highest BCUT2D eigenvalue weighted by atomic mass is 19.4. The summed E-state index contributed by atoms with van der Waals surface area (Å²) in [5.74, 6) is -0.354. The molecule has 2 aromatic carbocycles. The number of likely N-dealkylation sites (tertiary alicyclic amines) is 1. The molecule has 12 heteroatoms. The van der Waals surface area contributed by atoms with Crippen LogP contribution in [-0.2, 0) is 17.8 Å². The van der Waals surface area contributed by atoms with Crippen molar-refractivity contribution in [2.24, 2.45) is 0 Å². The number of fused-ring (bicyclic) bond motifs is 2. The predicted molar refractivity (Wildman–Crippen MR) is 174 cm³/mol. The molecule has 0 N–H and O–H groups in total. The molecule has 3 aliphatic rings. The molecule has 0 unspecified atom stereocenters. The molecule has 6 rings (SSSR count). The fraction of sp³-hybridized carbons (Fsp3) is 0.471. The van der Waals surface area contributed by atoms with Crippen LogP contribution in [0.25, 0.3) is 10.8 Å². The van der Waals surface area contributed by atoms with Gasteiger partial charge in [0, 0.05) is 56.3 Å². The molecule has 4 heterocycles. The first-order valence-corrected chi connectivity index (χ1v) is 15.4. The van der Waals surface area contributed by atoms with Gasteiger partial charge in [-0.05, 0) is 63.3 Å². The Labute approximate surface area is 268 Å². The number of amides is 1. The molecule has 0 atom stereocenters. The van der Waals surface area contributed by atoms with E-state index in [2.05, 4.69) is 76.7 Å². The van der Waals surface area contributed by atoms with Crippen LogP contribution in [0.2, 0.25) is 0 Å². The van der Waals surface area contributed by atoms with Crippen LogP contribution in [0.5, 0.6) is 6.01 Å². The number of hydrogen-bond donors (Lipinski definition) is 0. The highest BCUT2D eigenvalue weighted by Crippen LogP contribution is 2.35. The fourth-order valence-electron chi connectivity index (χ4n) is 6.02. The molecule has 1 aromatic heterocycles. The van der Waals surface area contributed by atoms with Crippen molar-refractivity contribution in [1.29, 1.82) is 5.26 Å². The summed E-state index contributed by atoms with van der Waals surface area (Å²) in [5, 5.41) is 9.72. The van der Waals surface area contributed by atoms with Gasteiger partial charge < -0.3 is 24.3 Å². The molecular formula is C34H42F3N7O2. The van der Waals surface area contributed by atoms with E-state index in [4.69, 9.17) is 10.00 Å². The second-order valence-electron chi connectivity index (χ2n) is 11.6. The lowest BCUT2D eigenvalue weighted by molar-refractivity contribution is -0.139. The zero-order valence-corrected chi connectivity index (χ0v) is 27.0. The maximum Gasteiger partial charge on any atom is 0.421 e. The van der Waals surface area contributed by atoms with Crippen molar-refractivity contribution in [3.8, 4) is 12.1 Å². The fourth-order valence-corrected chi connectivity index (χ4v) is 6.02. The highest BCUT2D eigenvalue weighted by Gasteiger charge is 2.40. The van der Waals surface area contributed by atoms with Gasteiger partial charge in [-0.2, -0.15) is 28.4 Å². The van der Waals surface area contributed by atoms with Gasteiger partial charge in [-0.1, -0.05) is 36.9 Å². The van der Waals surface area contributed by atoms with Crippen molar-refractivity contribution >= 4 is 28.2 Å². The molecule has 46 heavy (non-hydrogen) atoms. The van der Waals surface area contributed by atoms with E-state index < -0.39 is 17.7 Å². The van der Waals surface area contributed by atoms with Crippen molar-refractivity contribution < 1.29 is 22.7 Å². The maximum atomic E-state index is 12.9. The molecule has 0 aliphatic carbocycles. The van der Waals surface area contributed by atoms with Crippen LogP contribution in [0, 0.1) is 18.3 Å². The summed E-state index contributed by atoms with van der Waals surface area (Å²) >= 11 is 0. The summed E-state index contributed by atoms with van der Waals surface area (Å²) in [7, 11) is 3.69. The summed E-state index contributed by atoms with van der Waals surface area (Å²) in [6, 6.07) is 14.6. The van der Waals surface area contributed by atoms with Crippen LogP contribution in [0.4, 0.5) is 24.7 Å². The normalized spacial score (nSPS) is 16.4. The summed E-state index contributed by atoms with van der Waals surface area (Å²) in [5.41, 5.74) is 2.89. The van der Waals surface area contributed by atoms with Crippen molar-refractivity contribution in [1.82, 2.24) is 19.8 Å². The summed E-state index contributed by atoms with van der Waals surface area (Å²) in [4.78, 5) is 29.4. The quantitative estimate of drug-likeness (QED) is 0.346. The number of methoxy groups -OCH3 is 1. The molecule has 3 aromatic rings. The number of hydrogen-bond acceptors (Lipinski definition) is 8. The predicted octanol–water partition coefficient (Wildman–Crippen LogP) is 5.52. The van der Waals surface area contributed by atoms with Crippen LogP contribution in [-0.4, -0.2) is 91.8 Å². The Morgan fingerprint density at radius 3 is 2.17 bits per heavy atom. The third-order valence-electron chi connectivity index (χ3n) is 8.43. The number of ether oxygens (including phenoxy) is 1. The van der Waals surface area contributed by atoms with Crippen molar-refractivity contribution in [3.05, 3.63) is 65.4 Å². The smallest absolute Gasteiger partial charge is 0.421 e. The minimum Gasteiger partial charge on any atom is -0.467 e. The Kier molecular flexibility index (Phi) is 11.5. The molecule has 0 saturated carbocycles. The third kappa shape index (κ3) is 8.07. The van der Waals surface area contributed by atoms with Gasteiger partial charge >= 0.3 is 12.2 Å². The van der Waals surface area contributed by atoms with Gasteiger partial charge in [-0.3, -0.25) is 4.79 Å². The Bertz CT molecular complexity index is 1570. The summed E-state index contributed by atoms with van der Waals surface area (Å²) in [6.07, 6.45) is -1.20. The van der Waals surface area contributed by atoms with Crippen molar-refractivity contribution in [2.75, 3.05) is 69.8 Å². The molecule has 2 fully saturated rings. The molecule has 2 saturated heterocycles. The number of rotatable bonds is 4. The van der Waals surface area contributed by atoms with E-state index >= 15 is 0 Å². The summed E-state index contributed by atoms with van der Waals surface area (Å²) < 4.78 is 44.2. The van der Waals surface area contributed by atoms with E-state index in [0.29, 0.717) is 26.1 Å². The van der Waals surface area contributed by atoms with Gasteiger partial charge in [0.15, 0.2) is 0 Å². The molecule has 0 radical (unpaired) electrons. The van der Waals surface area contributed by atoms with E-state index in [-0.39, 0.29) is 19.1 Å². The largest absolute Gasteiger partial charge is 0.467 e. The molecule has 0 bridgehead atoms. The Balaban J connectivity index is 0.000000466. The number of alkyl halides is 3. The van der Waals surface area contributed by atoms with Crippen molar-refractivity contribution in [3.63, 3.8) is 0 Å². The SMILES string of the molecule is C=C(C(=O)N1CCN(c2nc(OC)nc3c2CCN(c2cccc4cccc(C)c24)C3)CC1)C(F)(F)F.CC#N.CN1CCCC1. The number of nitrogens with zero attached hydrogens (tertiary/aromatic N) is 7. The van der Waals surface area contributed by atoms with Crippen LogP contribution in [0.3, 0.4) is 0 Å². The van der Waals surface area contributed by atoms with Crippen molar-refractivity contribution in [2.45, 2.75) is 45.8 Å². The average molecular weight is 638 g/mol. The second-order valence-corrected chi connectivity index (χ2v) is 11.6. The minimum atomic E-state index is -4.73. The first kappa shape index (κ1) is 34.5. The molecule has 1 amide bonds. The first-order chi connectivity index (χ1) is 22.0. The van der Waals surface area contributed by atoms with Crippen LogP contribution >= 0.6 is 0 Å². The van der Waals surface area contributed by atoms with Crippen LogP contribution in [0.1, 0.15) is 36.6 Å². The Morgan fingerprint density at radius 1 is 0.978 bits per heavy atom. The molecular weight excluding hydrogens is 595 g/mol. The lowest BCUT2D eigenvalue weighted by Gasteiger charge is -2.38. The molecule has 246 valence electrons. The van der Waals surface area contributed by atoms with E-state index in [1.54, 1.807) is 6.07 Å². The number of carbonyl (C=O) groups excluding carboxylic acids is 1. The lowest BCUT2D eigenvalue weighted by atomic mass is 9.99. The number of aryl methyl sites for hydroxylation is 1. The molecule has 0 spiro atoms. The van der Waals surface area contributed by atoms with Gasteiger partial charge in [0.05, 0.1) is 25.4 Å². The average Bonchev–Trinajstić information content (AvgIpc) is 3.54. The van der Waals surface area contributed by atoms with E-state index in [9.17, 15) is 18.0 Å². The zero-order valence-electron chi connectivity index (χ0n) is 27.0. The van der Waals surface area contributed by atoms with E-state index in [1.165, 1.54) is 61.2 Å². The van der Waals surface area contributed by atoms with Gasteiger partial charge in [0.25, 0.3) is 5.91 Å². The number of halogens is 3. The number of piperazine rings is 1. The standard InChI is InChI=1S/C27H28F3N5O2.C5H11N.C2H3N/c1-17-6-4-7-19-8-5-9-22(23(17)19)35-11-10-20-21(16-35)31-26(37-3)32-24(20)33-12-14-34(15-13-33)25(36)18(2)27(28,29)30;1-6-4-2-3-5-6;1-2-3/h4-9H,2,10-16H2,1,3H3;2-5H2,1H3;1H3. The number of carbonyl (C=O) groups is 1. The van der Waals surface area contributed by atoms with E-state index in [1.807, 2.05) is 4.90 Å². The van der Waals surface area contributed by atoms with Crippen LogP contribution in [0.15, 0.2) is 48.6 Å². The zero-order chi connectivity index (χ0) is 33.4. The number of benzene rings is 2. The number of nitriles is 1. The Morgan fingerprint density at radius 2 is 1.61 bits per heavy atom. The topological polar surface area (TPSA) is 88.8 Å². The second kappa shape index (κ2) is 15.3. The number of anilines is 2. The first-order valence-electron chi connectivity index (χ1n) is 15.4. The Hall–Kier alpha value is -4.37. The van der Waals surface area contributed by atoms with E-state index in [0.717, 1.165) is 29.3 Å². The van der Waals surface area contributed by atoms with Gasteiger partial charge in [0.1, 0.15) is 11.4 Å². The third-order valence-corrected chi connectivity index (χ3v) is 8.43. The van der Waals surface area contributed by atoms with Gasteiger partial charge in [-0.25, -0.2) is 0 Å². The highest BCUT2D eigenvalue weighted by molar-refractivity contribution is 5.97. The van der Waals surface area contributed by atoms with Gasteiger partial charge in [0.2, 0.25) is 0 Å². The monoisotopic (exact) mass is 637 g/mol. The molecule has 9 nitrogen and oxygen atoms in total. The maximum absolute atomic E-state index is 12.9. The lowest BCUT2D eigenvalue weighted by Crippen LogP contribution is -2.50. The minimum absolute atomic E-state index is 0.149. The van der Waals surface area contributed by atoms with Gasteiger partial charge in [-0.15, -0.1) is 0 Å². The van der Waals surface area contributed by atoms with Crippen LogP contribution < -0.4 is 14.5 Å².